The lowest BCUT2D eigenvalue weighted by atomic mass is 9.84. The van der Waals surface area contributed by atoms with Crippen molar-refractivity contribution in [3.05, 3.63) is 22.4 Å². The average molecular weight is 383 g/mol. The lowest BCUT2D eigenvalue weighted by Gasteiger charge is -2.40. The molecule has 0 aromatic heterocycles. The second kappa shape index (κ2) is 5.82. The van der Waals surface area contributed by atoms with Crippen LogP contribution in [0.2, 0.25) is 0 Å². The van der Waals surface area contributed by atoms with Gasteiger partial charge in [0.05, 0.1) is 10.6 Å². The van der Waals surface area contributed by atoms with Gasteiger partial charge in [0.15, 0.2) is 0 Å². The van der Waals surface area contributed by atoms with Crippen LogP contribution in [0.5, 0.6) is 0 Å². The molecule has 0 saturated heterocycles. The van der Waals surface area contributed by atoms with Crippen LogP contribution in [0.3, 0.4) is 0 Å². The molecule has 8 heteroatoms. The van der Waals surface area contributed by atoms with E-state index < -0.39 is 15.8 Å². The van der Waals surface area contributed by atoms with E-state index in [9.17, 15) is 12.8 Å². The smallest absolute Gasteiger partial charge is 0.241 e. The topological polar surface area (TPSA) is 72.2 Å². The third-order valence-electron chi connectivity index (χ3n) is 3.62. The zero-order valence-electron chi connectivity index (χ0n) is 10.9. The van der Waals surface area contributed by atoms with Gasteiger partial charge < -0.3 is 5.73 Å². The average Bonchev–Trinajstić information content (AvgIpc) is 2.32. The molecule has 0 amide bonds. The van der Waals surface area contributed by atoms with Crippen LogP contribution in [0.15, 0.2) is 21.5 Å². The number of anilines is 1. The fourth-order valence-electron chi connectivity index (χ4n) is 2.08. The lowest BCUT2D eigenvalue weighted by Crippen LogP contribution is -2.45. The van der Waals surface area contributed by atoms with Crippen LogP contribution in [-0.4, -0.2) is 26.0 Å². The lowest BCUT2D eigenvalue weighted by molar-refractivity contribution is 0.362. The number of nitrogen functional groups attached to an aromatic ring is 1. The maximum atomic E-state index is 13.3. The first kappa shape index (κ1) is 16.1. The van der Waals surface area contributed by atoms with Crippen LogP contribution in [-0.2, 0) is 10.0 Å². The van der Waals surface area contributed by atoms with Crippen LogP contribution in [0.1, 0.15) is 19.3 Å². The zero-order chi connectivity index (χ0) is 15.0. The van der Waals surface area contributed by atoms with Gasteiger partial charge in [-0.3, -0.25) is 0 Å². The molecule has 0 bridgehead atoms. The molecule has 1 aromatic carbocycles. The fourth-order valence-corrected chi connectivity index (χ4v) is 5.26. The quantitative estimate of drug-likeness (QED) is 0.767. The molecule has 1 aliphatic rings. The molecule has 0 atom stereocenters. The van der Waals surface area contributed by atoms with Crippen molar-refractivity contribution < 1.29 is 12.8 Å². The second-order valence-electron chi connectivity index (χ2n) is 4.87. The van der Waals surface area contributed by atoms with E-state index in [1.54, 1.807) is 11.8 Å². The molecule has 1 aliphatic carbocycles. The molecule has 1 aromatic rings. The summed E-state index contributed by atoms with van der Waals surface area (Å²) in [5.74, 6) is -0.643. The van der Waals surface area contributed by atoms with Gasteiger partial charge in [-0.25, -0.2) is 17.5 Å². The first-order valence-corrected chi connectivity index (χ1v) is 9.59. The minimum Gasteiger partial charge on any atom is -0.396 e. The van der Waals surface area contributed by atoms with E-state index in [1.807, 2.05) is 6.26 Å². The van der Waals surface area contributed by atoms with Crippen molar-refractivity contribution in [1.29, 1.82) is 0 Å². The number of halogens is 2. The summed E-state index contributed by atoms with van der Waals surface area (Å²) in [6.07, 6.45) is 5.11. The number of hydrogen-bond donors (Lipinski definition) is 2. The van der Waals surface area contributed by atoms with Crippen LogP contribution in [0.25, 0.3) is 0 Å². The predicted octanol–water partition coefficient (Wildman–Crippen LogP) is 2.73. The molecule has 0 unspecified atom stereocenters. The van der Waals surface area contributed by atoms with Crippen LogP contribution in [0.4, 0.5) is 10.1 Å². The van der Waals surface area contributed by atoms with Gasteiger partial charge in [0.1, 0.15) is 5.82 Å². The Kier molecular flexibility index (Phi) is 4.68. The number of benzene rings is 1. The zero-order valence-corrected chi connectivity index (χ0v) is 14.2. The normalized spacial score (nSPS) is 17.8. The van der Waals surface area contributed by atoms with Crippen molar-refractivity contribution in [2.45, 2.75) is 28.9 Å². The summed E-state index contributed by atoms with van der Waals surface area (Å²) in [5.41, 5.74) is 5.26. The van der Waals surface area contributed by atoms with E-state index in [1.165, 1.54) is 0 Å². The van der Waals surface area contributed by atoms with Gasteiger partial charge in [-0.1, -0.05) is 6.42 Å². The molecular formula is C12H16BrFN2O2S2. The Bertz CT molecular complexity index is 613. The predicted molar refractivity (Wildman–Crippen MR) is 83.8 cm³/mol. The minimum atomic E-state index is -3.71. The Labute approximate surface area is 130 Å². The van der Waals surface area contributed by atoms with Crippen molar-refractivity contribution in [2.75, 3.05) is 18.5 Å². The molecule has 20 heavy (non-hydrogen) atoms. The molecule has 0 radical (unpaired) electrons. The van der Waals surface area contributed by atoms with Crippen molar-refractivity contribution >= 4 is 43.4 Å². The molecule has 0 spiro atoms. The van der Waals surface area contributed by atoms with E-state index in [-0.39, 0.29) is 19.8 Å². The van der Waals surface area contributed by atoms with E-state index in [2.05, 4.69) is 20.7 Å². The first-order chi connectivity index (χ1) is 9.30. The van der Waals surface area contributed by atoms with Crippen LogP contribution < -0.4 is 10.5 Å². The SMILES string of the molecule is CSC1(CNS(=O)(=O)c2cc(N)c(F)cc2Br)CCC1. The number of rotatable bonds is 5. The maximum absolute atomic E-state index is 13.3. The Balaban J connectivity index is 2.20. The van der Waals surface area contributed by atoms with Gasteiger partial charge >= 0.3 is 0 Å². The van der Waals surface area contributed by atoms with E-state index in [0.29, 0.717) is 6.54 Å². The monoisotopic (exact) mass is 382 g/mol. The number of thioether (sulfide) groups is 1. The Morgan fingerprint density at radius 3 is 2.65 bits per heavy atom. The minimum absolute atomic E-state index is 0.00881. The van der Waals surface area contributed by atoms with E-state index >= 15 is 0 Å². The second-order valence-corrected chi connectivity index (χ2v) is 8.73. The Morgan fingerprint density at radius 1 is 1.50 bits per heavy atom. The molecule has 2 rings (SSSR count). The molecular weight excluding hydrogens is 367 g/mol. The first-order valence-electron chi connectivity index (χ1n) is 6.09. The van der Waals surface area contributed by atoms with Gasteiger partial charge in [0, 0.05) is 15.8 Å². The molecule has 0 aliphatic heterocycles. The number of nitrogens with two attached hydrogens (primary N) is 1. The molecule has 1 saturated carbocycles. The molecule has 1 fully saturated rings. The van der Waals surface area contributed by atoms with Gasteiger partial charge in [-0.05, 0) is 47.2 Å². The standard InChI is InChI=1S/C12H16BrFN2O2S2/c1-19-12(3-2-4-12)7-16-20(17,18)11-6-10(15)9(14)5-8(11)13/h5-6,16H,2-4,7,15H2,1H3. The molecule has 0 heterocycles. The summed E-state index contributed by atoms with van der Waals surface area (Å²) >= 11 is 4.75. The van der Waals surface area contributed by atoms with E-state index in [4.69, 9.17) is 5.73 Å². The molecule has 3 N–H and O–H groups in total. The Morgan fingerprint density at radius 2 is 2.15 bits per heavy atom. The largest absolute Gasteiger partial charge is 0.396 e. The number of hydrogen-bond acceptors (Lipinski definition) is 4. The highest BCUT2D eigenvalue weighted by atomic mass is 79.9. The highest BCUT2D eigenvalue weighted by Crippen LogP contribution is 2.42. The van der Waals surface area contributed by atoms with Crippen molar-refractivity contribution in [1.82, 2.24) is 4.72 Å². The number of nitrogens with one attached hydrogen (secondary N) is 1. The van der Waals surface area contributed by atoms with Gasteiger partial charge in [0.25, 0.3) is 0 Å². The summed E-state index contributed by atoms with van der Waals surface area (Å²) in [7, 11) is -3.71. The summed E-state index contributed by atoms with van der Waals surface area (Å²) in [6.45, 7) is 0.375. The third kappa shape index (κ3) is 3.13. The molecule has 4 nitrogen and oxygen atoms in total. The molecule has 112 valence electrons. The van der Waals surface area contributed by atoms with Gasteiger partial charge in [-0.15, -0.1) is 0 Å². The summed E-state index contributed by atoms with van der Waals surface area (Å²) in [5, 5.41) is 0. The van der Waals surface area contributed by atoms with Crippen LogP contribution in [0, 0.1) is 5.82 Å². The maximum Gasteiger partial charge on any atom is 0.241 e. The van der Waals surface area contributed by atoms with Gasteiger partial charge in [-0.2, -0.15) is 11.8 Å². The van der Waals surface area contributed by atoms with Crippen molar-refractivity contribution in [3.8, 4) is 0 Å². The summed E-state index contributed by atoms with van der Waals surface area (Å²) in [4.78, 5) is -0.0352. The highest BCUT2D eigenvalue weighted by Gasteiger charge is 2.37. The summed E-state index contributed by atoms with van der Waals surface area (Å²) < 4.78 is 40.6. The van der Waals surface area contributed by atoms with Crippen molar-refractivity contribution in [2.24, 2.45) is 0 Å². The Hall–Kier alpha value is -0.310. The summed E-state index contributed by atoms with van der Waals surface area (Å²) in [6, 6.07) is 2.20. The van der Waals surface area contributed by atoms with Crippen molar-refractivity contribution in [3.63, 3.8) is 0 Å². The number of sulfonamides is 1. The van der Waals surface area contributed by atoms with Crippen LogP contribution >= 0.6 is 27.7 Å². The third-order valence-corrected chi connectivity index (χ3v) is 7.40. The fraction of sp³-hybridized carbons (Fsp3) is 0.500. The van der Waals surface area contributed by atoms with Gasteiger partial charge in [0.2, 0.25) is 10.0 Å². The van der Waals surface area contributed by atoms with E-state index in [0.717, 1.165) is 31.4 Å². The highest BCUT2D eigenvalue weighted by molar-refractivity contribution is 9.10.